The number of para-hydroxylation sites is 1. The fourth-order valence-corrected chi connectivity index (χ4v) is 4.61. The topological polar surface area (TPSA) is 42.0 Å². The van der Waals surface area contributed by atoms with Crippen molar-refractivity contribution in [1.29, 1.82) is 0 Å². The van der Waals surface area contributed by atoms with Crippen LogP contribution in [-0.2, 0) is 11.2 Å². The van der Waals surface area contributed by atoms with Crippen molar-refractivity contribution in [3.63, 3.8) is 0 Å². The number of hydrogen-bond donors (Lipinski definition) is 0. The van der Waals surface area contributed by atoms with Gasteiger partial charge >= 0.3 is 0 Å². The highest BCUT2D eigenvalue weighted by Crippen LogP contribution is 2.34. The van der Waals surface area contributed by atoms with Gasteiger partial charge in [0.25, 0.3) is 0 Å². The van der Waals surface area contributed by atoms with Crippen LogP contribution < -0.4 is 14.4 Å². The Hall–Kier alpha value is -2.53. The molecule has 3 rings (SSSR count). The molecule has 1 aliphatic heterocycles. The normalized spacial score (nSPS) is 15.0. The molecule has 1 amide bonds. The van der Waals surface area contributed by atoms with Gasteiger partial charge in [-0.05, 0) is 68.0 Å². The average molecular weight is 425 g/mol. The van der Waals surface area contributed by atoms with Gasteiger partial charge in [0, 0.05) is 37.8 Å². The summed E-state index contributed by atoms with van der Waals surface area (Å²) in [7, 11) is 3.46. The van der Waals surface area contributed by atoms with Crippen LogP contribution >= 0.6 is 0 Å². The molecule has 1 aliphatic rings. The zero-order chi connectivity index (χ0) is 22.4. The maximum Gasteiger partial charge on any atom is 0.226 e. The van der Waals surface area contributed by atoms with Gasteiger partial charge < -0.3 is 19.3 Å². The minimum atomic E-state index is 0.205. The maximum absolute atomic E-state index is 12.7. The predicted octanol–water partition coefficient (Wildman–Crippen LogP) is 4.77. The van der Waals surface area contributed by atoms with Crippen LogP contribution in [0.15, 0.2) is 36.4 Å². The number of carbonyl (C=O) groups is 1. The van der Waals surface area contributed by atoms with E-state index in [1.807, 2.05) is 42.2 Å². The van der Waals surface area contributed by atoms with Crippen LogP contribution in [0.2, 0.25) is 0 Å². The lowest BCUT2D eigenvalue weighted by atomic mass is 9.99. The van der Waals surface area contributed by atoms with E-state index >= 15 is 0 Å². The summed E-state index contributed by atoms with van der Waals surface area (Å²) in [4.78, 5) is 17.2. The van der Waals surface area contributed by atoms with Gasteiger partial charge in [0.15, 0.2) is 0 Å². The molecule has 0 N–H and O–H groups in total. The van der Waals surface area contributed by atoms with Crippen LogP contribution in [0.3, 0.4) is 0 Å². The molecule has 0 radical (unpaired) electrons. The maximum atomic E-state index is 12.7. The van der Waals surface area contributed by atoms with Gasteiger partial charge in [0.1, 0.15) is 11.5 Å². The molecule has 168 valence electrons. The van der Waals surface area contributed by atoms with Crippen molar-refractivity contribution in [2.75, 3.05) is 38.8 Å². The number of methoxy groups -OCH3 is 2. The van der Waals surface area contributed by atoms with E-state index in [0.29, 0.717) is 6.42 Å². The highest BCUT2D eigenvalue weighted by molar-refractivity contribution is 5.93. The lowest BCUT2D eigenvalue weighted by molar-refractivity contribution is -0.119. The Labute approximate surface area is 187 Å². The number of hydrogen-bond acceptors (Lipinski definition) is 4. The van der Waals surface area contributed by atoms with Gasteiger partial charge in [-0.1, -0.05) is 25.1 Å². The Bertz CT molecular complexity index is 874. The van der Waals surface area contributed by atoms with Crippen molar-refractivity contribution < 1.29 is 14.3 Å². The molecule has 1 saturated heterocycles. The largest absolute Gasteiger partial charge is 0.496 e. The van der Waals surface area contributed by atoms with Crippen LogP contribution in [0.1, 0.15) is 42.9 Å². The summed E-state index contributed by atoms with van der Waals surface area (Å²) in [6.07, 6.45) is 3.44. The smallest absolute Gasteiger partial charge is 0.226 e. The zero-order valence-electron chi connectivity index (χ0n) is 19.6. The SMILES string of the molecule is CCC(=O)N(c1ccccc1)C1CCN(CCc2cc(OC)c(C)c(C)c2OC)CC1. The molecule has 5 heteroatoms. The van der Waals surface area contributed by atoms with Crippen molar-refractivity contribution in [3.05, 3.63) is 53.1 Å². The van der Waals surface area contributed by atoms with E-state index in [0.717, 1.165) is 67.2 Å². The average Bonchev–Trinajstić information content (AvgIpc) is 2.81. The summed E-state index contributed by atoms with van der Waals surface area (Å²) in [5.41, 5.74) is 4.48. The molecular formula is C26H36N2O3. The fraction of sp³-hybridized carbons (Fsp3) is 0.500. The molecule has 0 aliphatic carbocycles. The number of ether oxygens (including phenoxy) is 2. The van der Waals surface area contributed by atoms with Crippen LogP contribution in [0.25, 0.3) is 0 Å². The fourth-order valence-electron chi connectivity index (χ4n) is 4.61. The molecular weight excluding hydrogens is 388 g/mol. The molecule has 1 heterocycles. The van der Waals surface area contributed by atoms with Crippen LogP contribution in [-0.4, -0.2) is 50.7 Å². The Kier molecular flexibility index (Phi) is 7.97. The first kappa shape index (κ1) is 23.1. The van der Waals surface area contributed by atoms with Gasteiger partial charge in [0.05, 0.1) is 14.2 Å². The Morgan fingerprint density at radius 2 is 1.74 bits per heavy atom. The van der Waals surface area contributed by atoms with Crippen molar-refractivity contribution in [1.82, 2.24) is 4.90 Å². The van der Waals surface area contributed by atoms with Crippen LogP contribution in [0.5, 0.6) is 11.5 Å². The lowest BCUT2D eigenvalue weighted by Gasteiger charge is -2.38. The summed E-state index contributed by atoms with van der Waals surface area (Å²) in [6.45, 7) is 9.07. The molecule has 0 atom stereocenters. The quantitative estimate of drug-likeness (QED) is 0.612. The molecule has 5 nitrogen and oxygen atoms in total. The molecule has 31 heavy (non-hydrogen) atoms. The molecule has 0 unspecified atom stereocenters. The Morgan fingerprint density at radius 3 is 2.32 bits per heavy atom. The predicted molar refractivity (Wildman–Crippen MR) is 126 cm³/mol. The minimum Gasteiger partial charge on any atom is -0.496 e. The highest BCUT2D eigenvalue weighted by atomic mass is 16.5. The molecule has 0 bridgehead atoms. The first-order chi connectivity index (χ1) is 15.0. The molecule has 1 fully saturated rings. The van der Waals surface area contributed by atoms with E-state index in [2.05, 4.69) is 24.8 Å². The first-order valence-corrected chi connectivity index (χ1v) is 11.3. The lowest BCUT2D eigenvalue weighted by Crippen LogP contribution is -2.47. The number of anilines is 1. The van der Waals surface area contributed by atoms with E-state index < -0.39 is 0 Å². The molecule has 2 aromatic carbocycles. The molecule has 0 saturated carbocycles. The third-order valence-electron chi connectivity index (χ3n) is 6.52. The van der Waals surface area contributed by atoms with E-state index in [9.17, 15) is 4.79 Å². The second kappa shape index (κ2) is 10.7. The molecule has 2 aromatic rings. The van der Waals surface area contributed by atoms with E-state index in [4.69, 9.17) is 9.47 Å². The number of piperidine rings is 1. The Balaban J connectivity index is 1.64. The van der Waals surface area contributed by atoms with Crippen LogP contribution in [0, 0.1) is 13.8 Å². The van der Waals surface area contributed by atoms with Gasteiger partial charge in [-0.25, -0.2) is 0 Å². The number of nitrogens with zero attached hydrogens (tertiary/aromatic N) is 2. The third kappa shape index (κ3) is 5.21. The van der Waals surface area contributed by atoms with Crippen molar-refractivity contribution in [2.24, 2.45) is 0 Å². The third-order valence-corrected chi connectivity index (χ3v) is 6.52. The summed E-state index contributed by atoms with van der Waals surface area (Å²) < 4.78 is 11.3. The van der Waals surface area contributed by atoms with Crippen molar-refractivity contribution >= 4 is 11.6 Å². The van der Waals surface area contributed by atoms with Gasteiger partial charge in [0.2, 0.25) is 5.91 Å². The van der Waals surface area contributed by atoms with Crippen molar-refractivity contribution in [2.45, 2.75) is 52.5 Å². The number of benzene rings is 2. The highest BCUT2D eigenvalue weighted by Gasteiger charge is 2.28. The number of carbonyl (C=O) groups excluding carboxylic acids is 1. The van der Waals surface area contributed by atoms with Gasteiger partial charge in [-0.15, -0.1) is 0 Å². The van der Waals surface area contributed by atoms with E-state index in [1.165, 1.54) is 5.56 Å². The van der Waals surface area contributed by atoms with Crippen molar-refractivity contribution in [3.8, 4) is 11.5 Å². The first-order valence-electron chi connectivity index (χ1n) is 11.3. The summed E-state index contributed by atoms with van der Waals surface area (Å²) in [6, 6.07) is 12.5. The molecule has 0 spiro atoms. The monoisotopic (exact) mass is 424 g/mol. The van der Waals surface area contributed by atoms with Crippen LogP contribution in [0.4, 0.5) is 5.69 Å². The Morgan fingerprint density at radius 1 is 1.06 bits per heavy atom. The second-order valence-corrected chi connectivity index (χ2v) is 8.30. The summed E-state index contributed by atoms with van der Waals surface area (Å²) in [5.74, 6) is 2.09. The standard InChI is InChI=1S/C26H36N2O3/c1-6-25(29)28(22-10-8-7-9-11-22)23-13-16-27(17-14-23)15-12-21-18-24(30-4)19(2)20(3)26(21)31-5/h7-11,18,23H,6,12-17H2,1-5H3. The summed E-state index contributed by atoms with van der Waals surface area (Å²) in [5, 5.41) is 0. The number of rotatable bonds is 8. The minimum absolute atomic E-state index is 0.205. The summed E-state index contributed by atoms with van der Waals surface area (Å²) >= 11 is 0. The second-order valence-electron chi connectivity index (χ2n) is 8.30. The molecule has 0 aromatic heterocycles. The zero-order valence-corrected chi connectivity index (χ0v) is 19.6. The van der Waals surface area contributed by atoms with Gasteiger partial charge in [-0.2, -0.15) is 0 Å². The number of amides is 1. The van der Waals surface area contributed by atoms with E-state index in [1.54, 1.807) is 14.2 Å². The van der Waals surface area contributed by atoms with Gasteiger partial charge in [-0.3, -0.25) is 4.79 Å². The number of likely N-dealkylation sites (tertiary alicyclic amines) is 1. The van der Waals surface area contributed by atoms with E-state index in [-0.39, 0.29) is 11.9 Å².